The van der Waals surface area contributed by atoms with Gasteiger partial charge >= 0.3 is 0 Å². The molecule has 0 bridgehead atoms. The van der Waals surface area contributed by atoms with E-state index in [9.17, 15) is 5.11 Å². The van der Waals surface area contributed by atoms with E-state index in [0.717, 1.165) is 49.8 Å². The van der Waals surface area contributed by atoms with Gasteiger partial charge in [-0.2, -0.15) is 0 Å². The largest absolute Gasteiger partial charge is 0.497 e. The quantitative estimate of drug-likeness (QED) is 0.780. The standard InChI is InChI=1S/C21H28N2O3/c1-17-4-3-5-21(14-17)26-16-19(24)15-22-10-12-23(13-11-22)18-6-8-20(25-2)9-7-18/h3-9,14,19,24H,10-13,15-16H2,1-2H3/p+1/t19-/m1/s1. The summed E-state index contributed by atoms with van der Waals surface area (Å²) in [4.78, 5) is 3.81. The summed E-state index contributed by atoms with van der Waals surface area (Å²) in [7, 11) is 1.69. The minimum atomic E-state index is -0.446. The number of hydrogen-bond donors (Lipinski definition) is 2. The van der Waals surface area contributed by atoms with Crippen molar-refractivity contribution < 1.29 is 19.5 Å². The molecule has 0 spiro atoms. The smallest absolute Gasteiger partial charge is 0.137 e. The third-order valence-corrected chi connectivity index (χ3v) is 4.86. The first-order chi connectivity index (χ1) is 12.6. The highest BCUT2D eigenvalue weighted by Crippen LogP contribution is 2.19. The monoisotopic (exact) mass is 357 g/mol. The molecule has 5 nitrogen and oxygen atoms in total. The molecule has 0 aromatic heterocycles. The minimum Gasteiger partial charge on any atom is -0.497 e. The molecule has 0 amide bonds. The SMILES string of the molecule is COc1ccc(N2CC[NH+](C[C@@H](O)COc3cccc(C)c3)CC2)cc1. The average Bonchev–Trinajstić information content (AvgIpc) is 2.67. The molecule has 1 saturated heterocycles. The first kappa shape index (κ1) is 18.5. The van der Waals surface area contributed by atoms with E-state index in [1.54, 1.807) is 7.11 Å². The summed E-state index contributed by atoms with van der Waals surface area (Å²) in [5.74, 6) is 1.71. The zero-order valence-electron chi connectivity index (χ0n) is 15.6. The van der Waals surface area contributed by atoms with Gasteiger partial charge in [0.25, 0.3) is 0 Å². The van der Waals surface area contributed by atoms with Crippen LogP contribution in [0.2, 0.25) is 0 Å². The van der Waals surface area contributed by atoms with Crippen LogP contribution in [0.5, 0.6) is 11.5 Å². The molecule has 1 heterocycles. The van der Waals surface area contributed by atoms with Crippen LogP contribution in [0, 0.1) is 6.92 Å². The van der Waals surface area contributed by atoms with Crippen molar-refractivity contribution in [1.29, 1.82) is 0 Å². The Hall–Kier alpha value is -2.24. The molecule has 2 N–H and O–H groups in total. The van der Waals surface area contributed by atoms with Crippen LogP contribution in [-0.2, 0) is 0 Å². The molecule has 0 saturated carbocycles. The fraction of sp³-hybridized carbons (Fsp3) is 0.429. The Bertz CT molecular complexity index is 682. The summed E-state index contributed by atoms with van der Waals surface area (Å²) in [6.45, 7) is 7.13. The van der Waals surface area contributed by atoms with Crippen molar-refractivity contribution in [2.75, 3.05) is 51.3 Å². The average molecular weight is 357 g/mol. The first-order valence-electron chi connectivity index (χ1n) is 9.24. The Kier molecular flexibility index (Phi) is 6.36. The lowest BCUT2D eigenvalue weighted by molar-refractivity contribution is -0.903. The number of nitrogens with zero attached hydrogens (tertiary/aromatic N) is 1. The van der Waals surface area contributed by atoms with Gasteiger partial charge in [0, 0.05) is 5.69 Å². The van der Waals surface area contributed by atoms with E-state index in [0.29, 0.717) is 6.61 Å². The molecule has 26 heavy (non-hydrogen) atoms. The van der Waals surface area contributed by atoms with Crippen LogP contribution in [0.4, 0.5) is 5.69 Å². The van der Waals surface area contributed by atoms with E-state index in [1.165, 1.54) is 10.6 Å². The molecule has 0 aliphatic carbocycles. The van der Waals surface area contributed by atoms with Crippen molar-refractivity contribution >= 4 is 5.69 Å². The van der Waals surface area contributed by atoms with Gasteiger partial charge < -0.3 is 24.4 Å². The van der Waals surface area contributed by atoms with Crippen molar-refractivity contribution in [1.82, 2.24) is 0 Å². The second kappa shape index (κ2) is 8.92. The number of rotatable bonds is 7. The number of piperazine rings is 1. The lowest BCUT2D eigenvalue weighted by Crippen LogP contribution is -3.16. The van der Waals surface area contributed by atoms with Gasteiger partial charge in [0.05, 0.1) is 33.3 Å². The van der Waals surface area contributed by atoms with E-state index >= 15 is 0 Å². The van der Waals surface area contributed by atoms with Crippen molar-refractivity contribution in [3.05, 3.63) is 54.1 Å². The van der Waals surface area contributed by atoms with Gasteiger partial charge in [-0.3, -0.25) is 0 Å². The maximum atomic E-state index is 10.3. The van der Waals surface area contributed by atoms with E-state index in [1.807, 2.05) is 43.3 Å². The van der Waals surface area contributed by atoms with Gasteiger partial charge in [-0.15, -0.1) is 0 Å². The summed E-state index contributed by atoms with van der Waals surface area (Å²) in [6, 6.07) is 16.1. The molecule has 0 unspecified atom stereocenters. The fourth-order valence-electron chi connectivity index (χ4n) is 3.37. The predicted octanol–water partition coefficient (Wildman–Crippen LogP) is 1.15. The van der Waals surface area contributed by atoms with Crippen LogP contribution in [0.1, 0.15) is 5.56 Å². The molecule has 140 valence electrons. The Balaban J connectivity index is 1.41. The summed E-state index contributed by atoms with van der Waals surface area (Å²) < 4.78 is 10.9. The Morgan fingerprint density at radius 2 is 1.81 bits per heavy atom. The number of aliphatic hydroxyl groups excluding tert-OH is 1. The second-order valence-electron chi connectivity index (χ2n) is 6.92. The van der Waals surface area contributed by atoms with Crippen LogP contribution in [0.3, 0.4) is 0 Å². The Morgan fingerprint density at radius 3 is 2.46 bits per heavy atom. The maximum Gasteiger partial charge on any atom is 0.137 e. The van der Waals surface area contributed by atoms with Gasteiger partial charge in [-0.1, -0.05) is 12.1 Å². The zero-order valence-corrected chi connectivity index (χ0v) is 15.6. The molecule has 5 heteroatoms. The zero-order chi connectivity index (χ0) is 18.4. The van der Waals surface area contributed by atoms with Crippen LogP contribution in [-0.4, -0.2) is 57.7 Å². The van der Waals surface area contributed by atoms with Crippen molar-refractivity contribution in [3.8, 4) is 11.5 Å². The molecule has 2 aromatic rings. The molecular weight excluding hydrogens is 328 g/mol. The van der Waals surface area contributed by atoms with Gasteiger partial charge in [-0.05, 0) is 48.9 Å². The summed E-state index contributed by atoms with van der Waals surface area (Å²) in [5.41, 5.74) is 2.39. The van der Waals surface area contributed by atoms with Gasteiger partial charge in [0.15, 0.2) is 0 Å². The molecule has 1 atom stereocenters. The number of aliphatic hydroxyl groups is 1. The number of methoxy groups -OCH3 is 1. The van der Waals surface area contributed by atoms with E-state index < -0.39 is 6.10 Å². The third-order valence-electron chi connectivity index (χ3n) is 4.86. The lowest BCUT2D eigenvalue weighted by Gasteiger charge is -2.34. The van der Waals surface area contributed by atoms with Crippen LogP contribution in [0.15, 0.2) is 48.5 Å². The summed E-state index contributed by atoms with van der Waals surface area (Å²) in [5, 5.41) is 10.3. The molecule has 1 fully saturated rings. The van der Waals surface area contributed by atoms with Crippen LogP contribution >= 0.6 is 0 Å². The lowest BCUT2D eigenvalue weighted by atomic mass is 10.2. The number of quaternary nitrogens is 1. The number of aryl methyl sites for hydroxylation is 1. The molecule has 3 rings (SSSR count). The number of benzene rings is 2. The highest BCUT2D eigenvalue weighted by atomic mass is 16.5. The normalized spacial score (nSPS) is 16.3. The van der Waals surface area contributed by atoms with Crippen molar-refractivity contribution in [2.24, 2.45) is 0 Å². The molecule has 0 radical (unpaired) electrons. The van der Waals surface area contributed by atoms with E-state index in [-0.39, 0.29) is 0 Å². The minimum absolute atomic E-state index is 0.342. The van der Waals surface area contributed by atoms with E-state index in [4.69, 9.17) is 9.47 Å². The van der Waals surface area contributed by atoms with Crippen molar-refractivity contribution in [2.45, 2.75) is 13.0 Å². The first-order valence-corrected chi connectivity index (χ1v) is 9.24. The molecule has 1 aliphatic rings. The number of ether oxygens (including phenoxy) is 2. The molecule has 1 aliphatic heterocycles. The third kappa shape index (κ3) is 5.13. The topological polar surface area (TPSA) is 46.4 Å². The highest BCUT2D eigenvalue weighted by molar-refractivity contribution is 5.49. The Labute approximate surface area is 155 Å². The summed E-state index contributed by atoms with van der Waals surface area (Å²) >= 11 is 0. The highest BCUT2D eigenvalue weighted by Gasteiger charge is 2.22. The van der Waals surface area contributed by atoms with Gasteiger partial charge in [0.1, 0.15) is 30.8 Å². The van der Waals surface area contributed by atoms with Gasteiger partial charge in [0.2, 0.25) is 0 Å². The maximum absolute atomic E-state index is 10.3. The number of nitrogens with one attached hydrogen (secondary N) is 1. The van der Waals surface area contributed by atoms with Crippen molar-refractivity contribution in [3.63, 3.8) is 0 Å². The second-order valence-corrected chi connectivity index (χ2v) is 6.92. The Morgan fingerprint density at radius 1 is 1.08 bits per heavy atom. The molecule has 2 aromatic carbocycles. The van der Waals surface area contributed by atoms with Crippen LogP contribution in [0.25, 0.3) is 0 Å². The predicted molar refractivity (Wildman–Crippen MR) is 103 cm³/mol. The summed E-state index contributed by atoms with van der Waals surface area (Å²) in [6.07, 6.45) is -0.446. The molecular formula is C21H29N2O3+. The number of anilines is 1. The number of hydrogen-bond acceptors (Lipinski definition) is 4. The van der Waals surface area contributed by atoms with Crippen LogP contribution < -0.4 is 19.3 Å². The van der Waals surface area contributed by atoms with Gasteiger partial charge in [-0.25, -0.2) is 0 Å². The van der Waals surface area contributed by atoms with E-state index in [2.05, 4.69) is 17.0 Å². The fourth-order valence-corrected chi connectivity index (χ4v) is 3.37.